The molecule has 0 spiro atoms. The van der Waals surface area contributed by atoms with Crippen molar-refractivity contribution in [2.45, 2.75) is 75.1 Å². The highest BCUT2D eigenvalue weighted by molar-refractivity contribution is 7.92. The van der Waals surface area contributed by atoms with Crippen LogP contribution in [0.2, 0.25) is 0 Å². The van der Waals surface area contributed by atoms with Crippen LogP contribution in [0.15, 0.2) is 53.4 Å². The lowest BCUT2D eigenvalue weighted by molar-refractivity contribution is -0.193. The van der Waals surface area contributed by atoms with Gasteiger partial charge in [-0.05, 0) is 75.3 Å². The minimum Gasteiger partial charge on any atom is -0.475 e. The molecule has 1 aliphatic heterocycles. The molecule has 3 aromatic rings. The third-order valence-electron chi connectivity index (χ3n) is 8.73. The summed E-state index contributed by atoms with van der Waals surface area (Å²) in [4.78, 5) is 24.0. The number of carbonyl (C=O) groups excluding carboxylic acids is 1. The van der Waals surface area contributed by atoms with Crippen LogP contribution in [0.3, 0.4) is 0 Å². The predicted molar refractivity (Wildman–Crippen MR) is 153 cm³/mol. The van der Waals surface area contributed by atoms with Gasteiger partial charge in [0, 0.05) is 29.3 Å². The molecule has 6 rings (SSSR count). The van der Waals surface area contributed by atoms with Crippen LogP contribution in [0.25, 0.3) is 11.3 Å². The van der Waals surface area contributed by atoms with Crippen molar-refractivity contribution < 1.29 is 31.1 Å². The summed E-state index contributed by atoms with van der Waals surface area (Å²) in [5.74, 6) is -0.872. The molecular formula is C30H32F3N5O4S. The molecule has 0 saturated heterocycles. The number of sulfonamides is 1. The van der Waals surface area contributed by atoms with Gasteiger partial charge in [-0.1, -0.05) is 24.3 Å². The van der Waals surface area contributed by atoms with Crippen molar-refractivity contribution in [3.05, 3.63) is 65.2 Å². The summed E-state index contributed by atoms with van der Waals surface area (Å²) < 4.78 is 78.0. The van der Waals surface area contributed by atoms with Gasteiger partial charge in [0.1, 0.15) is 6.61 Å². The molecule has 228 valence electrons. The van der Waals surface area contributed by atoms with Crippen LogP contribution >= 0.6 is 0 Å². The Hall–Kier alpha value is -3.71. The molecule has 1 atom stereocenters. The van der Waals surface area contributed by atoms with E-state index in [0.717, 1.165) is 16.7 Å². The predicted octanol–water partition coefficient (Wildman–Crippen LogP) is 4.99. The van der Waals surface area contributed by atoms with Gasteiger partial charge in [0.2, 0.25) is 11.8 Å². The molecule has 43 heavy (non-hydrogen) atoms. The second kappa shape index (κ2) is 10.5. The smallest absolute Gasteiger partial charge is 0.394 e. The highest BCUT2D eigenvalue weighted by atomic mass is 32.2. The first-order valence-corrected chi connectivity index (χ1v) is 15.6. The number of halogens is 3. The second-order valence-corrected chi connectivity index (χ2v) is 13.5. The highest BCUT2D eigenvalue weighted by Crippen LogP contribution is 2.61. The third kappa shape index (κ3) is 5.55. The topological polar surface area (TPSA) is 128 Å². The quantitative estimate of drug-likeness (QED) is 0.424. The molecule has 4 bridgehead atoms. The Kier molecular flexibility index (Phi) is 7.15. The molecule has 1 aromatic heterocycles. The molecule has 0 unspecified atom stereocenters. The van der Waals surface area contributed by atoms with Crippen LogP contribution in [0.5, 0.6) is 5.88 Å². The number of benzene rings is 2. The van der Waals surface area contributed by atoms with Crippen molar-refractivity contribution in [1.82, 2.24) is 14.9 Å². The molecule has 0 radical (unpaired) electrons. The van der Waals surface area contributed by atoms with Crippen LogP contribution in [0.4, 0.5) is 19.1 Å². The van der Waals surface area contributed by atoms with Gasteiger partial charge in [-0.15, -0.1) is 0 Å². The number of aromatic nitrogens is 2. The number of carbonyl (C=O) groups is 1. The Morgan fingerprint density at radius 2 is 1.74 bits per heavy atom. The molecule has 3 N–H and O–H groups in total. The Balaban J connectivity index is 1.50. The molecule has 2 aromatic carbocycles. The Morgan fingerprint density at radius 3 is 2.37 bits per heavy atom. The number of fused-ring (bicyclic) bond motifs is 4. The van der Waals surface area contributed by atoms with Crippen molar-refractivity contribution in [3.8, 4) is 17.1 Å². The number of nitrogens with one attached hydrogen (secondary N) is 1. The fraction of sp³-hybridized carbons (Fsp3) is 0.433. The van der Waals surface area contributed by atoms with E-state index < -0.39 is 39.6 Å². The second-order valence-electron chi connectivity index (χ2n) is 11.9. The molecule has 1 amide bonds. The van der Waals surface area contributed by atoms with Gasteiger partial charge >= 0.3 is 6.18 Å². The van der Waals surface area contributed by atoms with Crippen LogP contribution in [0.1, 0.15) is 53.6 Å². The number of ether oxygens (including phenoxy) is 1. The summed E-state index contributed by atoms with van der Waals surface area (Å²) in [6, 6.07) is 11.0. The van der Waals surface area contributed by atoms with Crippen molar-refractivity contribution >= 4 is 21.9 Å². The number of aryl methyl sites for hydroxylation is 2. The summed E-state index contributed by atoms with van der Waals surface area (Å²) >= 11 is 0. The lowest BCUT2D eigenvalue weighted by Crippen LogP contribution is -2.58. The lowest BCUT2D eigenvalue weighted by Gasteiger charge is -2.46. The SMILES string of the molecule is Cc1cccc(C)c1-c1cc2nc(n1)NS(=O)(=O)c1cccc(c1)C(=O)N([C@H]1C[C@H](N)C1)[C@H](CC1(C(F)(F)F)CC1)CO2. The number of alkyl halides is 3. The zero-order chi connectivity index (χ0) is 30.7. The summed E-state index contributed by atoms with van der Waals surface area (Å²) in [6.45, 7) is 3.49. The van der Waals surface area contributed by atoms with Gasteiger partial charge in [-0.3, -0.25) is 4.79 Å². The first-order chi connectivity index (χ1) is 20.3. The summed E-state index contributed by atoms with van der Waals surface area (Å²) in [5, 5.41) is 0. The highest BCUT2D eigenvalue weighted by Gasteiger charge is 2.64. The van der Waals surface area contributed by atoms with E-state index in [4.69, 9.17) is 10.5 Å². The minimum absolute atomic E-state index is 0.0316. The van der Waals surface area contributed by atoms with Gasteiger partial charge in [0.25, 0.3) is 15.9 Å². The maximum atomic E-state index is 14.2. The van der Waals surface area contributed by atoms with Crippen LogP contribution < -0.4 is 15.2 Å². The molecule has 13 heteroatoms. The van der Waals surface area contributed by atoms with E-state index in [1.165, 1.54) is 35.2 Å². The molecule has 2 aliphatic carbocycles. The van der Waals surface area contributed by atoms with E-state index in [-0.39, 0.29) is 54.2 Å². The number of hydrogen-bond donors (Lipinski definition) is 2. The van der Waals surface area contributed by atoms with E-state index in [1.54, 1.807) is 0 Å². The molecule has 3 aliphatic rings. The monoisotopic (exact) mass is 615 g/mol. The first kappa shape index (κ1) is 29.4. The van der Waals surface area contributed by atoms with Crippen LogP contribution in [-0.2, 0) is 10.0 Å². The van der Waals surface area contributed by atoms with Crippen LogP contribution in [0, 0.1) is 19.3 Å². The number of anilines is 1. The zero-order valence-corrected chi connectivity index (χ0v) is 24.5. The molecule has 2 saturated carbocycles. The molecule has 2 heterocycles. The standard InChI is InChI=1S/C30H32F3N5O4S/c1-17-5-3-6-18(2)26(17)24-14-25-36-28(35-24)37-43(40,41)23-8-4-7-19(11-23)27(39)38(21-12-20(34)13-21)22(16-42-25)15-29(9-10-29)30(31,32)33/h3-8,11,14,20-22H,9-10,12-13,15-16,34H2,1-2H3,(H,35,36,37)/t20-,21-,22-/m1/s1. The Bertz CT molecular complexity index is 1670. The number of nitrogens with zero attached hydrogens (tertiary/aromatic N) is 3. The molecular weight excluding hydrogens is 583 g/mol. The third-order valence-corrected chi connectivity index (χ3v) is 10.1. The lowest BCUT2D eigenvalue weighted by atomic mass is 9.83. The zero-order valence-electron chi connectivity index (χ0n) is 23.7. The largest absolute Gasteiger partial charge is 0.475 e. The number of rotatable bonds is 4. The van der Waals surface area contributed by atoms with E-state index >= 15 is 0 Å². The average molecular weight is 616 g/mol. The number of amides is 1. The fourth-order valence-electron chi connectivity index (χ4n) is 6.13. The normalized spacial score (nSPS) is 24.4. The molecule has 9 nitrogen and oxygen atoms in total. The van der Waals surface area contributed by atoms with E-state index in [1.807, 2.05) is 32.0 Å². The van der Waals surface area contributed by atoms with E-state index in [0.29, 0.717) is 18.5 Å². The Morgan fingerprint density at radius 1 is 1.07 bits per heavy atom. The maximum Gasteiger partial charge on any atom is 0.394 e. The molecule has 2 fully saturated rings. The van der Waals surface area contributed by atoms with Crippen molar-refractivity contribution in [1.29, 1.82) is 0 Å². The van der Waals surface area contributed by atoms with E-state index in [9.17, 15) is 26.4 Å². The Labute approximate surface area is 247 Å². The van der Waals surface area contributed by atoms with Gasteiger partial charge in [0.15, 0.2) is 0 Å². The average Bonchev–Trinajstić information content (AvgIpc) is 3.71. The maximum absolute atomic E-state index is 14.2. The van der Waals surface area contributed by atoms with Gasteiger partial charge in [0.05, 0.1) is 22.0 Å². The van der Waals surface area contributed by atoms with Crippen LogP contribution in [-0.4, -0.2) is 60.1 Å². The van der Waals surface area contributed by atoms with Gasteiger partial charge in [-0.2, -0.15) is 18.2 Å². The van der Waals surface area contributed by atoms with Crippen molar-refractivity contribution in [3.63, 3.8) is 0 Å². The summed E-state index contributed by atoms with van der Waals surface area (Å²) in [6.07, 6.45) is -4.05. The van der Waals surface area contributed by atoms with Gasteiger partial charge < -0.3 is 15.4 Å². The van der Waals surface area contributed by atoms with Crippen molar-refractivity contribution in [2.24, 2.45) is 11.1 Å². The first-order valence-electron chi connectivity index (χ1n) is 14.1. The van der Waals surface area contributed by atoms with E-state index in [2.05, 4.69) is 14.7 Å². The number of nitrogens with two attached hydrogens (primary N) is 1. The summed E-state index contributed by atoms with van der Waals surface area (Å²) in [5.41, 5.74) is 7.04. The minimum atomic E-state index is -4.45. The van der Waals surface area contributed by atoms with Gasteiger partial charge in [-0.25, -0.2) is 18.1 Å². The number of hydrogen-bond acceptors (Lipinski definition) is 7. The summed E-state index contributed by atoms with van der Waals surface area (Å²) in [7, 11) is -4.26. The van der Waals surface area contributed by atoms with Crippen molar-refractivity contribution in [2.75, 3.05) is 11.3 Å². The fourth-order valence-corrected chi connectivity index (χ4v) is 7.12.